The van der Waals surface area contributed by atoms with Crippen LogP contribution in [0.1, 0.15) is 27.7 Å². The van der Waals surface area contributed by atoms with Gasteiger partial charge in [-0.25, -0.2) is 5.01 Å². The van der Waals surface area contributed by atoms with Crippen LogP contribution in [-0.2, 0) is 4.79 Å². The number of hydrazine groups is 1. The van der Waals surface area contributed by atoms with Gasteiger partial charge in [0.25, 0.3) is 0 Å². The minimum Gasteiger partial charge on any atom is -0.299 e. The Morgan fingerprint density at radius 2 is 1.93 bits per heavy atom. The maximum atomic E-state index is 12.1. The number of Topliss-reactive ketones (excluding diaryl/α,β-unsaturated/α-hetero) is 1. The number of alkyl halides is 1. The molecule has 1 N–H and O–H groups in total. The number of halogens is 1. The van der Waals surface area contributed by atoms with Gasteiger partial charge in [-0.1, -0.05) is 20.8 Å². The number of hydrogen-bond acceptors (Lipinski definition) is 3. The molecule has 3 nitrogen and oxygen atoms in total. The number of ketones is 1. The highest BCUT2D eigenvalue weighted by molar-refractivity contribution is 6.22. The van der Waals surface area contributed by atoms with Crippen molar-refractivity contribution in [3.8, 4) is 0 Å². The molecule has 0 amide bonds. The van der Waals surface area contributed by atoms with Gasteiger partial charge < -0.3 is 0 Å². The molecule has 1 rings (SSSR count). The summed E-state index contributed by atoms with van der Waals surface area (Å²) in [6, 6.07) is 0.120. The van der Waals surface area contributed by atoms with Gasteiger partial charge in [0.2, 0.25) is 0 Å². The van der Waals surface area contributed by atoms with E-state index < -0.39 is 0 Å². The molecule has 0 aromatic carbocycles. The van der Waals surface area contributed by atoms with Gasteiger partial charge in [0.15, 0.2) is 0 Å². The lowest BCUT2D eigenvalue weighted by Crippen LogP contribution is -2.37. The number of hydrogen-bond donors (Lipinski definition) is 1. The zero-order valence-corrected chi connectivity index (χ0v) is 10.2. The second kappa shape index (κ2) is 3.80. The predicted molar refractivity (Wildman–Crippen MR) is 58.0 cm³/mol. The third-order valence-electron chi connectivity index (χ3n) is 2.65. The van der Waals surface area contributed by atoms with Gasteiger partial charge in [-0.3, -0.25) is 10.2 Å². The summed E-state index contributed by atoms with van der Waals surface area (Å²) in [5.41, 5.74) is 2.59. The standard InChI is InChI=1S/C10H19ClN2O/c1-6-7(8(14)10(2,3)4)9(11)13(5)12-6/h6-7,9,12H,1-5H3. The zero-order valence-electron chi connectivity index (χ0n) is 9.47. The molecule has 1 heterocycles. The lowest BCUT2D eigenvalue weighted by Gasteiger charge is -2.25. The Bertz CT molecular complexity index is 237. The minimum atomic E-state index is -0.321. The van der Waals surface area contributed by atoms with Crippen molar-refractivity contribution in [1.29, 1.82) is 0 Å². The first-order valence-electron chi connectivity index (χ1n) is 4.92. The fraction of sp³-hybridized carbons (Fsp3) is 0.900. The fourth-order valence-corrected chi connectivity index (χ4v) is 2.19. The summed E-state index contributed by atoms with van der Waals surface area (Å²) >= 11 is 6.17. The molecule has 0 aromatic rings. The van der Waals surface area contributed by atoms with Crippen LogP contribution in [0.3, 0.4) is 0 Å². The summed E-state index contributed by atoms with van der Waals surface area (Å²) in [5, 5.41) is 1.81. The van der Waals surface area contributed by atoms with Crippen molar-refractivity contribution in [3.05, 3.63) is 0 Å². The van der Waals surface area contributed by atoms with Crippen molar-refractivity contribution in [2.75, 3.05) is 7.05 Å². The van der Waals surface area contributed by atoms with E-state index in [9.17, 15) is 4.79 Å². The van der Waals surface area contributed by atoms with Crippen molar-refractivity contribution in [2.45, 2.75) is 39.2 Å². The van der Waals surface area contributed by atoms with Crippen LogP contribution in [0.2, 0.25) is 0 Å². The summed E-state index contributed by atoms with van der Waals surface area (Å²) < 4.78 is 0. The summed E-state index contributed by atoms with van der Waals surface area (Å²) in [5.74, 6) is 0.100. The molecular formula is C10H19ClN2O. The molecule has 0 aromatic heterocycles. The van der Waals surface area contributed by atoms with Gasteiger partial charge in [0.1, 0.15) is 11.3 Å². The molecule has 82 valence electrons. The molecule has 3 unspecified atom stereocenters. The molecule has 0 radical (unpaired) electrons. The number of carbonyl (C=O) groups is 1. The summed E-state index contributed by atoms with van der Waals surface area (Å²) in [6.45, 7) is 7.80. The van der Waals surface area contributed by atoms with Gasteiger partial charge in [0.05, 0.1) is 5.92 Å². The van der Waals surface area contributed by atoms with Gasteiger partial charge >= 0.3 is 0 Å². The third kappa shape index (κ3) is 2.10. The van der Waals surface area contributed by atoms with E-state index in [1.54, 1.807) is 5.01 Å². The highest BCUT2D eigenvalue weighted by Gasteiger charge is 2.44. The molecule has 1 aliphatic rings. The van der Waals surface area contributed by atoms with E-state index in [0.717, 1.165) is 0 Å². The first kappa shape index (κ1) is 12.0. The lowest BCUT2D eigenvalue weighted by atomic mass is 9.81. The molecule has 0 bridgehead atoms. The summed E-state index contributed by atoms with van der Waals surface area (Å²) in [6.07, 6.45) is 0. The highest BCUT2D eigenvalue weighted by atomic mass is 35.5. The fourth-order valence-electron chi connectivity index (χ4n) is 1.80. The van der Waals surface area contributed by atoms with Crippen LogP contribution < -0.4 is 5.43 Å². The van der Waals surface area contributed by atoms with Crippen molar-refractivity contribution in [2.24, 2.45) is 11.3 Å². The number of carbonyl (C=O) groups excluding carboxylic acids is 1. The first-order chi connectivity index (χ1) is 6.25. The summed E-state index contributed by atoms with van der Waals surface area (Å²) in [4.78, 5) is 12.1. The van der Waals surface area contributed by atoms with Crippen LogP contribution in [0.25, 0.3) is 0 Å². The Morgan fingerprint density at radius 3 is 2.21 bits per heavy atom. The van der Waals surface area contributed by atoms with Crippen molar-refractivity contribution < 1.29 is 4.79 Å². The molecule has 1 aliphatic heterocycles. The quantitative estimate of drug-likeness (QED) is 0.536. The van der Waals surface area contributed by atoms with E-state index in [-0.39, 0.29) is 28.7 Å². The van der Waals surface area contributed by atoms with Crippen LogP contribution in [-0.4, -0.2) is 29.4 Å². The summed E-state index contributed by atoms with van der Waals surface area (Å²) in [7, 11) is 1.87. The highest BCUT2D eigenvalue weighted by Crippen LogP contribution is 2.31. The topological polar surface area (TPSA) is 32.3 Å². The second-order valence-corrected chi connectivity index (χ2v) is 5.49. The molecule has 3 atom stereocenters. The van der Waals surface area contributed by atoms with Gasteiger partial charge in [-0.2, -0.15) is 0 Å². The smallest absolute Gasteiger partial charge is 0.145 e. The maximum absolute atomic E-state index is 12.1. The van der Waals surface area contributed by atoms with Crippen molar-refractivity contribution >= 4 is 17.4 Å². The monoisotopic (exact) mass is 218 g/mol. The van der Waals surface area contributed by atoms with Crippen molar-refractivity contribution in [1.82, 2.24) is 10.4 Å². The molecule has 0 aliphatic carbocycles. The van der Waals surface area contributed by atoms with Crippen LogP contribution >= 0.6 is 11.6 Å². The first-order valence-corrected chi connectivity index (χ1v) is 5.36. The number of nitrogens with zero attached hydrogens (tertiary/aromatic N) is 1. The Balaban J connectivity index is 2.83. The zero-order chi connectivity index (χ0) is 11.1. The normalized spacial score (nSPS) is 34.9. The van der Waals surface area contributed by atoms with E-state index in [2.05, 4.69) is 5.43 Å². The molecule has 14 heavy (non-hydrogen) atoms. The average Bonchev–Trinajstić information content (AvgIpc) is 2.24. The van der Waals surface area contributed by atoms with Crippen molar-refractivity contribution in [3.63, 3.8) is 0 Å². The molecule has 4 heteroatoms. The van der Waals surface area contributed by atoms with Gasteiger partial charge in [-0.05, 0) is 6.92 Å². The van der Waals surface area contributed by atoms with Gasteiger partial charge in [0, 0.05) is 18.5 Å². The van der Waals surface area contributed by atoms with Crippen LogP contribution in [0.4, 0.5) is 0 Å². The Labute approximate surface area is 90.8 Å². The Hall–Kier alpha value is -0.120. The maximum Gasteiger partial charge on any atom is 0.145 e. The SMILES string of the molecule is CC1NN(C)C(Cl)C1C(=O)C(C)(C)C. The number of rotatable bonds is 1. The van der Waals surface area contributed by atoms with E-state index in [4.69, 9.17) is 11.6 Å². The largest absolute Gasteiger partial charge is 0.299 e. The number of nitrogens with one attached hydrogen (secondary N) is 1. The van der Waals surface area contributed by atoms with E-state index in [1.807, 2.05) is 34.7 Å². The van der Waals surface area contributed by atoms with Crippen LogP contribution in [0.15, 0.2) is 0 Å². The van der Waals surface area contributed by atoms with E-state index in [1.165, 1.54) is 0 Å². The molecule has 1 fully saturated rings. The molecular weight excluding hydrogens is 200 g/mol. The Morgan fingerprint density at radius 1 is 1.43 bits per heavy atom. The van der Waals surface area contributed by atoms with Crippen LogP contribution in [0.5, 0.6) is 0 Å². The molecule has 1 saturated heterocycles. The minimum absolute atomic E-state index is 0.120. The van der Waals surface area contributed by atoms with Gasteiger partial charge in [-0.15, -0.1) is 11.6 Å². The van der Waals surface area contributed by atoms with E-state index >= 15 is 0 Å². The molecule has 0 saturated carbocycles. The lowest BCUT2D eigenvalue weighted by molar-refractivity contribution is -0.130. The van der Waals surface area contributed by atoms with Crippen LogP contribution in [0, 0.1) is 11.3 Å². The average molecular weight is 219 g/mol. The molecule has 0 spiro atoms. The Kier molecular flexibility index (Phi) is 3.24. The van der Waals surface area contributed by atoms with E-state index in [0.29, 0.717) is 0 Å². The second-order valence-electron chi connectivity index (χ2n) is 5.04. The third-order valence-corrected chi connectivity index (χ3v) is 3.22. The predicted octanol–water partition coefficient (Wildman–Crippen LogP) is 1.62.